The first-order valence-electron chi connectivity index (χ1n) is 7.98. The van der Waals surface area contributed by atoms with E-state index in [1.807, 2.05) is 0 Å². The van der Waals surface area contributed by atoms with Crippen LogP contribution in [0.2, 0.25) is 0 Å². The normalized spacial score (nSPS) is 11.3. The third-order valence-electron chi connectivity index (χ3n) is 1.82. The quantitative estimate of drug-likeness (QED) is 0.304. The van der Waals surface area contributed by atoms with Gasteiger partial charge in [-0.3, -0.25) is 0 Å². The SMILES string of the molecule is CCCS(=O)(=O)[O-].CCCS(=O)(=O)[O-].CCCS(=O)(=O)[O-].CCCS(=O)(=O)[O-].[W+4]. The molecule has 178 valence electrons. The summed E-state index contributed by atoms with van der Waals surface area (Å²) >= 11 is 0. The van der Waals surface area contributed by atoms with Crippen LogP contribution in [0.15, 0.2) is 0 Å². The zero-order chi connectivity index (χ0) is 23.7. The van der Waals surface area contributed by atoms with Crippen LogP contribution in [-0.2, 0) is 61.5 Å². The van der Waals surface area contributed by atoms with Crippen molar-refractivity contribution in [3.63, 3.8) is 0 Å². The van der Waals surface area contributed by atoms with Crippen molar-refractivity contribution in [2.45, 2.75) is 53.4 Å². The maximum absolute atomic E-state index is 9.68. The Balaban J connectivity index is -0.0000000873. The molecule has 12 nitrogen and oxygen atoms in total. The maximum atomic E-state index is 9.68. The average Bonchev–Trinajstić information content (AvgIpc) is 2.34. The van der Waals surface area contributed by atoms with Gasteiger partial charge >= 0.3 is 21.1 Å². The van der Waals surface area contributed by atoms with Gasteiger partial charge in [0.05, 0.1) is 40.5 Å². The van der Waals surface area contributed by atoms with Crippen LogP contribution < -0.4 is 0 Å². The molecule has 0 unspecified atom stereocenters. The number of rotatable bonds is 8. The zero-order valence-electron chi connectivity index (χ0n) is 16.6. The molecule has 0 fully saturated rings. The molecule has 0 bridgehead atoms. The van der Waals surface area contributed by atoms with E-state index in [1.165, 1.54) is 0 Å². The molecule has 17 heteroatoms. The van der Waals surface area contributed by atoms with Gasteiger partial charge in [0.2, 0.25) is 0 Å². The predicted molar refractivity (Wildman–Crippen MR) is 99.4 cm³/mol. The Labute approximate surface area is 189 Å². The molecule has 0 rings (SSSR count). The summed E-state index contributed by atoms with van der Waals surface area (Å²) in [6.07, 6.45) is 1.63. The second kappa shape index (κ2) is 20.2. The molecule has 0 amide bonds. The Morgan fingerprint density at radius 3 is 0.517 bits per heavy atom. The molecule has 0 aliphatic rings. The Morgan fingerprint density at radius 2 is 0.517 bits per heavy atom. The van der Waals surface area contributed by atoms with Gasteiger partial charge in [-0.25, -0.2) is 33.7 Å². The molecule has 0 aromatic rings. The van der Waals surface area contributed by atoms with E-state index in [-0.39, 0.29) is 44.1 Å². The molecule has 0 heterocycles. The second-order valence-electron chi connectivity index (χ2n) is 5.05. The fourth-order valence-electron chi connectivity index (χ4n) is 1.00. The van der Waals surface area contributed by atoms with E-state index >= 15 is 0 Å². The van der Waals surface area contributed by atoms with Crippen LogP contribution in [0.1, 0.15) is 53.4 Å². The van der Waals surface area contributed by atoms with Gasteiger partial charge < -0.3 is 18.2 Å². The van der Waals surface area contributed by atoms with Crippen LogP contribution in [0.3, 0.4) is 0 Å². The molecule has 0 N–H and O–H groups in total. The minimum Gasteiger partial charge on any atom is -0.748 e. The predicted octanol–water partition coefficient (Wildman–Crippen LogP) is -0.236. The Kier molecular flexibility index (Phi) is 27.8. The summed E-state index contributed by atoms with van der Waals surface area (Å²) in [5.74, 6) is -0.972. The fraction of sp³-hybridized carbons (Fsp3) is 1.00. The van der Waals surface area contributed by atoms with Gasteiger partial charge in [0.15, 0.2) is 0 Å². The van der Waals surface area contributed by atoms with Gasteiger partial charge in [-0.05, 0) is 25.7 Å². The van der Waals surface area contributed by atoms with Gasteiger partial charge in [-0.2, -0.15) is 0 Å². The third kappa shape index (κ3) is 73.7. The summed E-state index contributed by atoms with van der Waals surface area (Å²) in [5, 5.41) is 0. The molecular formula is C12H28O12S4W. The van der Waals surface area contributed by atoms with Crippen molar-refractivity contribution in [3.8, 4) is 0 Å². The molecule has 0 radical (unpaired) electrons. The van der Waals surface area contributed by atoms with Crippen LogP contribution in [0.5, 0.6) is 0 Å². The van der Waals surface area contributed by atoms with Crippen molar-refractivity contribution in [2.24, 2.45) is 0 Å². The molecule has 0 atom stereocenters. The van der Waals surface area contributed by atoms with Crippen molar-refractivity contribution < 1.29 is 72.9 Å². The first-order valence-corrected chi connectivity index (χ1v) is 14.3. The van der Waals surface area contributed by atoms with Crippen LogP contribution in [0.4, 0.5) is 0 Å². The Hall–Kier alpha value is 0.328. The van der Waals surface area contributed by atoms with Crippen LogP contribution in [0, 0.1) is 0 Å². The number of hydrogen-bond acceptors (Lipinski definition) is 12. The maximum Gasteiger partial charge on any atom is 4.00 e. The van der Waals surface area contributed by atoms with E-state index < -0.39 is 40.5 Å². The summed E-state index contributed by atoms with van der Waals surface area (Å²) in [5.41, 5.74) is 0. The standard InChI is InChI=1S/4C3H8O3S.W/c4*1-2-3-7(4,5)6;/h4*2-3H2,1H3,(H,4,5,6);/q;;;;+4/p-4. The first kappa shape index (κ1) is 39.8. The summed E-state index contributed by atoms with van der Waals surface area (Å²) in [7, 11) is -15.7. The summed E-state index contributed by atoms with van der Waals surface area (Å²) in [6, 6.07) is 0. The molecule has 0 aliphatic heterocycles. The molecule has 0 saturated heterocycles. The first-order chi connectivity index (χ1) is 12.2. The van der Waals surface area contributed by atoms with E-state index in [1.54, 1.807) is 27.7 Å². The van der Waals surface area contributed by atoms with Gasteiger partial charge in [-0.15, -0.1) is 0 Å². The largest absolute Gasteiger partial charge is 4.00 e. The number of hydrogen-bond donors (Lipinski definition) is 0. The summed E-state index contributed by atoms with van der Waals surface area (Å²) in [4.78, 5) is 0. The van der Waals surface area contributed by atoms with Gasteiger partial charge in [0.25, 0.3) is 0 Å². The second-order valence-corrected chi connectivity index (χ2v) is 11.1. The van der Waals surface area contributed by atoms with Crippen molar-refractivity contribution in [3.05, 3.63) is 0 Å². The van der Waals surface area contributed by atoms with Crippen LogP contribution in [-0.4, -0.2) is 74.9 Å². The summed E-state index contributed by atoms with van der Waals surface area (Å²) in [6.45, 7) is 6.59. The Morgan fingerprint density at radius 1 is 0.414 bits per heavy atom. The van der Waals surface area contributed by atoms with Crippen molar-refractivity contribution in [2.75, 3.05) is 23.0 Å². The van der Waals surface area contributed by atoms with Crippen LogP contribution in [0.25, 0.3) is 0 Å². The van der Waals surface area contributed by atoms with E-state index in [2.05, 4.69) is 0 Å². The van der Waals surface area contributed by atoms with Crippen molar-refractivity contribution in [1.29, 1.82) is 0 Å². The third-order valence-corrected chi connectivity index (χ3v) is 5.45. The van der Waals surface area contributed by atoms with E-state index in [9.17, 15) is 51.9 Å². The summed E-state index contributed by atoms with van der Waals surface area (Å²) < 4.78 is 116. The molecule has 0 spiro atoms. The molecular weight excluding hydrogens is 648 g/mol. The molecule has 0 aromatic carbocycles. The van der Waals surface area contributed by atoms with E-state index in [0.717, 1.165) is 0 Å². The van der Waals surface area contributed by atoms with Gasteiger partial charge in [0.1, 0.15) is 0 Å². The van der Waals surface area contributed by atoms with Gasteiger partial charge in [-0.1, -0.05) is 27.7 Å². The minimum absolute atomic E-state index is 0. The average molecular weight is 676 g/mol. The zero-order valence-corrected chi connectivity index (χ0v) is 22.8. The fourth-order valence-corrected chi connectivity index (χ4v) is 3.00. The van der Waals surface area contributed by atoms with E-state index in [0.29, 0.717) is 25.7 Å². The molecule has 0 saturated carbocycles. The monoisotopic (exact) mass is 676 g/mol. The Bertz CT molecular complexity index is 635. The van der Waals surface area contributed by atoms with Crippen LogP contribution >= 0.6 is 0 Å². The molecule has 0 aliphatic carbocycles. The van der Waals surface area contributed by atoms with Crippen molar-refractivity contribution in [1.82, 2.24) is 0 Å². The topological polar surface area (TPSA) is 229 Å². The smallest absolute Gasteiger partial charge is 0.748 e. The van der Waals surface area contributed by atoms with E-state index in [4.69, 9.17) is 0 Å². The molecule has 0 aromatic heterocycles. The molecule has 29 heavy (non-hydrogen) atoms. The minimum atomic E-state index is -3.92. The van der Waals surface area contributed by atoms with Crippen molar-refractivity contribution >= 4 is 40.5 Å². The van der Waals surface area contributed by atoms with Gasteiger partial charge in [0, 0.05) is 23.0 Å².